The molecular weight excluding hydrogens is 208 g/mol. The average Bonchev–Trinajstić information content (AvgIpc) is 2.29. The van der Waals surface area contributed by atoms with Gasteiger partial charge in [-0.3, -0.25) is 10.1 Å². The van der Waals surface area contributed by atoms with E-state index in [0.29, 0.717) is 24.3 Å². The van der Waals surface area contributed by atoms with E-state index in [0.717, 1.165) is 0 Å². The fourth-order valence-corrected chi connectivity index (χ4v) is 1.19. The molecule has 0 aromatic heterocycles. The number of nitrogens with zero attached hydrogens (tertiary/aromatic N) is 1. The van der Waals surface area contributed by atoms with Gasteiger partial charge < -0.3 is 10.5 Å². The number of nitrogens with two attached hydrogens (primary N) is 1. The Hall–Kier alpha value is -2.06. The Bertz CT molecular complexity index is 446. The number of hydrogen-bond acceptors (Lipinski definition) is 4. The highest BCUT2D eigenvalue weighted by Crippen LogP contribution is 2.26. The van der Waals surface area contributed by atoms with Gasteiger partial charge in [0.05, 0.1) is 12.0 Å². The summed E-state index contributed by atoms with van der Waals surface area (Å²) in [6.07, 6.45) is 0.495. The second-order valence-electron chi connectivity index (χ2n) is 2.95. The minimum absolute atomic E-state index is 0.0520. The highest BCUT2D eigenvalue weighted by molar-refractivity contribution is 5.58. The van der Waals surface area contributed by atoms with E-state index in [-0.39, 0.29) is 5.69 Å². The van der Waals surface area contributed by atoms with Gasteiger partial charge in [0, 0.05) is 19.0 Å². The maximum absolute atomic E-state index is 10.8. The van der Waals surface area contributed by atoms with Gasteiger partial charge in [-0.2, -0.15) is 0 Å². The summed E-state index contributed by atoms with van der Waals surface area (Å²) < 4.78 is 5.03. The van der Waals surface area contributed by atoms with Crippen LogP contribution < -0.4 is 10.5 Å². The summed E-state index contributed by atoms with van der Waals surface area (Å²) in [4.78, 5) is 10.3. The molecular formula is C11H12N2O3. The molecule has 0 saturated carbocycles. The van der Waals surface area contributed by atoms with E-state index in [4.69, 9.17) is 10.5 Å². The molecule has 0 aliphatic rings. The number of ether oxygens (including phenoxy) is 1. The number of benzene rings is 1. The topological polar surface area (TPSA) is 78.4 Å². The monoisotopic (exact) mass is 220 g/mol. The molecule has 0 fully saturated rings. The van der Waals surface area contributed by atoms with E-state index >= 15 is 0 Å². The molecule has 2 N–H and O–H groups in total. The van der Waals surface area contributed by atoms with Gasteiger partial charge in [0.15, 0.2) is 0 Å². The largest absolute Gasteiger partial charge is 0.495 e. The lowest BCUT2D eigenvalue weighted by molar-refractivity contribution is -0.385. The van der Waals surface area contributed by atoms with Crippen LogP contribution in [0, 0.1) is 22.0 Å². The zero-order valence-corrected chi connectivity index (χ0v) is 8.90. The first kappa shape index (κ1) is 12.0. The first-order valence-corrected chi connectivity index (χ1v) is 4.71. The molecule has 1 aromatic rings. The van der Waals surface area contributed by atoms with Crippen LogP contribution in [0.4, 0.5) is 5.69 Å². The molecule has 84 valence electrons. The van der Waals surface area contributed by atoms with Crippen molar-refractivity contribution in [1.82, 2.24) is 0 Å². The van der Waals surface area contributed by atoms with Gasteiger partial charge in [-0.15, -0.1) is 0 Å². The van der Waals surface area contributed by atoms with Gasteiger partial charge in [0.25, 0.3) is 5.69 Å². The molecule has 5 nitrogen and oxygen atoms in total. The molecule has 0 bridgehead atoms. The number of rotatable bonds is 3. The lowest BCUT2D eigenvalue weighted by atomic mass is 10.1. The van der Waals surface area contributed by atoms with Crippen LogP contribution in [0.5, 0.6) is 5.75 Å². The summed E-state index contributed by atoms with van der Waals surface area (Å²) in [6, 6.07) is 4.60. The fourth-order valence-electron chi connectivity index (χ4n) is 1.19. The van der Waals surface area contributed by atoms with Crippen molar-refractivity contribution in [2.75, 3.05) is 13.7 Å². The Morgan fingerprint density at radius 3 is 2.88 bits per heavy atom. The normalized spacial score (nSPS) is 9.12. The van der Waals surface area contributed by atoms with Crippen LogP contribution in [0.15, 0.2) is 18.2 Å². The Labute approximate surface area is 93.4 Å². The molecule has 0 aliphatic carbocycles. The third-order valence-electron chi connectivity index (χ3n) is 1.90. The standard InChI is InChI=1S/C11H12N2O3/c1-16-11-7-4-6-10(13(14)15)9(11)5-2-3-8-12/h4,6-7H,3,8,12H2,1H3. The van der Waals surface area contributed by atoms with E-state index in [1.165, 1.54) is 13.2 Å². The second kappa shape index (κ2) is 5.73. The highest BCUT2D eigenvalue weighted by Gasteiger charge is 2.15. The summed E-state index contributed by atoms with van der Waals surface area (Å²) >= 11 is 0. The molecule has 0 amide bonds. The van der Waals surface area contributed by atoms with Crippen LogP contribution in [-0.4, -0.2) is 18.6 Å². The first-order valence-electron chi connectivity index (χ1n) is 4.71. The zero-order chi connectivity index (χ0) is 12.0. The summed E-state index contributed by atoms with van der Waals surface area (Å²) in [5.74, 6) is 5.88. The van der Waals surface area contributed by atoms with Crippen molar-refractivity contribution in [3.63, 3.8) is 0 Å². The predicted molar refractivity (Wildman–Crippen MR) is 60.2 cm³/mol. The Morgan fingerprint density at radius 1 is 1.56 bits per heavy atom. The quantitative estimate of drug-likeness (QED) is 0.473. The molecule has 0 saturated heterocycles. The number of nitro groups is 1. The van der Waals surface area contributed by atoms with Crippen LogP contribution in [0.25, 0.3) is 0 Å². The van der Waals surface area contributed by atoms with Crippen molar-refractivity contribution < 1.29 is 9.66 Å². The Balaban J connectivity index is 3.21. The van der Waals surface area contributed by atoms with Gasteiger partial charge >= 0.3 is 0 Å². The molecule has 0 aliphatic heterocycles. The van der Waals surface area contributed by atoms with Gasteiger partial charge in [-0.1, -0.05) is 17.9 Å². The molecule has 0 spiro atoms. The fraction of sp³-hybridized carbons (Fsp3) is 0.273. The number of methoxy groups -OCH3 is 1. The van der Waals surface area contributed by atoms with Crippen LogP contribution in [0.2, 0.25) is 0 Å². The molecule has 0 unspecified atom stereocenters. The minimum Gasteiger partial charge on any atom is -0.495 e. The van der Waals surface area contributed by atoms with Crippen molar-refractivity contribution in [2.45, 2.75) is 6.42 Å². The smallest absolute Gasteiger partial charge is 0.288 e. The lowest BCUT2D eigenvalue weighted by Gasteiger charge is -2.02. The second-order valence-corrected chi connectivity index (χ2v) is 2.95. The molecule has 16 heavy (non-hydrogen) atoms. The molecule has 1 rings (SSSR count). The molecule has 0 heterocycles. The van der Waals surface area contributed by atoms with Crippen molar-refractivity contribution in [2.24, 2.45) is 5.73 Å². The molecule has 0 atom stereocenters. The van der Waals surface area contributed by atoms with Crippen molar-refractivity contribution >= 4 is 5.69 Å². The Morgan fingerprint density at radius 2 is 2.31 bits per heavy atom. The summed E-state index contributed by atoms with van der Waals surface area (Å²) in [7, 11) is 1.45. The van der Waals surface area contributed by atoms with Gasteiger partial charge in [-0.05, 0) is 6.07 Å². The summed E-state index contributed by atoms with van der Waals surface area (Å²) in [6.45, 7) is 0.427. The van der Waals surface area contributed by atoms with Crippen molar-refractivity contribution in [3.8, 4) is 17.6 Å². The average molecular weight is 220 g/mol. The van der Waals surface area contributed by atoms with Crippen molar-refractivity contribution in [3.05, 3.63) is 33.9 Å². The van der Waals surface area contributed by atoms with Gasteiger partial charge in [0.1, 0.15) is 11.3 Å². The van der Waals surface area contributed by atoms with Gasteiger partial charge in [-0.25, -0.2) is 0 Å². The van der Waals surface area contributed by atoms with Crippen LogP contribution in [0.1, 0.15) is 12.0 Å². The minimum atomic E-state index is -0.477. The molecule has 5 heteroatoms. The third-order valence-corrected chi connectivity index (χ3v) is 1.90. The van der Waals surface area contributed by atoms with E-state index < -0.39 is 4.92 Å². The zero-order valence-electron chi connectivity index (χ0n) is 8.90. The van der Waals surface area contributed by atoms with Gasteiger partial charge in [0.2, 0.25) is 0 Å². The van der Waals surface area contributed by atoms with Crippen LogP contribution in [-0.2, 0) is 0 Å². The predicted octanol–water partition coefficient (Wildman–Crippen LogP) is 1.30. The number of hydrogen-bond donors (Lipinski definition) is 1. The maximum atomic E-state index is 10.8. The van der Waals surface area contributed by atoms with E-state index in [9.17, 15) is 10.1 Å². The lowest BCUT2D eigenvalue weighted by Crippen LogP contribution is -1.97. The first-order chi connectivity index (χ1) is 7.70. The third kappa shape index (κ3) is 2.72. The van der Waals surface area contributed by atoms with E-state index in [2.05, 4.69) is 11.8 Å². The maximum Gasteiger partial charge on any atom is 0.288 e. The van der Waals surface area contributed by atoms with E-state index in [1.54, 1.807) is 12.1 Å². The van der Waals surface area contributed by atoms with Crippen LogP contribution >= 0.6 is 0 Å². The Kier molecular flexibility index (Phi) is 4.30. The molecule has 1 aromatic carbocycles. The number of nitro benzene ring substituents is 1. The summed E-state index contributed by atoms with van der Waals surface area (Å²) in [5.41, 5.74) is 5.54. The SMILES string of the molecule is COc1cccc([N+](=O)[O-])c1C#CCCN. The van der Waals surface area contributed by atoms with Crippen molar-refractivity contribution in [1.29, 1.82) is 0 Å². The van der Waals surface area contributed by atoms with E-state index in [1.807, 2.05) is 0 Å². The summed E-state index contributed by atoms with van der Waals surface area (Å²) in [5, 5.41) is 10.8. The molecule has 0 radical (unpaired) electrons. The van der Waals surface area contributed by atoms with Crippen LogP contribution in [0.3, 0.4) is 0 Å². The highest BCUT2D eigenvalue weighted by atomic mass is 16.6.